The number of nitrogens with zero attached hydrogens (tertiary/aromatic N) is 1. The van der Waals surface area contributed by atoms with Gasteiger partial charge >= 0.3 is 5.97 Å². The highest BCUT2D eigenvalue weighted by atomic mass is 35.5. The molecule has 0 fully saturated rings. The Morgan fingerprint density at radius 2 is 1.60 bits per heavy atom. The van der Waals surface area contributed by atoms with Crippen molar-refractivity contribution >= 4 is 63.5 Å². The summed E-state index contributed by atoms with van der Waals surface area (Å²) in [5.41, 5.74) is 14.9. The summed E-state index contributed by atoms with van der Waals surface area (Å²) in [6.45, 7) is -0.612. The minimum Gasteiger partial charge on any atom is -0.452 e. The van der Waals surface area contributed by atoms with Gasteiger partial charge in [-0.05, 0) is 65.9 Å². The number of carbonyl (C=O) groups is 4. The van der Waals surface area contributed by atoms with Crippen molar-refractivity contribution in [2.75, 3.05) is 11.9 Å². The van der Waals surface area contributed by atoms with Crippen molar-refractivity contribution in [1.82, 2.24) is 4.98 Å². The van der Waals surface area contributed by atoms with Gasteiger partial charge in [0.1, 0.15) is 0 Å². The molecule has 0 bridgehead atoms. The summed E-state index contributed by atoms with van der Waals surface area (Å²) in [6.07, 6.45) is 3.19. The first-order chi connectivity index (χ1) is 19.2. The fourth-order valence-corrected chi connectivity index (χ4v) is 4.87. The number of nitrogens with one attached hydrogen (secondary N) is 1. The number of aromatic nitrogens is 1. The number of fused-ring (bicyclic) bond motifs is 2. The van der Waals surface area contributed by atoms with Gasteiger partial charge in [-0.1, -0.05) is 48.0 Å². The molecule has 0 aliphatic heterocycles. The summed E-state index contributed by atoms with van der Waals surface area (Å²) in [6, 6.07) is 18.5. The number of rotatable bonds is 7. The van der Waals surface area contributed by atoms with E-state index >= 15 is 0 Å². The lowest BCUT2D eigenvalue weighted by molar-refractivity contribution is -0.119. The summed E-state index contributed by atoms with van der Waals surface area (Å²) in [4.78, 5) is 54.1. The minimum atomic E-state index is -0.800. The Bertz CT molecular complexity index is 1720. The van der Waals surface area contributed by atoms with E-state index in [0.29, 0.717) is 40.0 Å². The molecule has 0 saturated heterocycles. The maximum atomic E-state index is 13.4. The maximum Gasteiger partial charge on any atom is 0.339 e. The van der Waals surface area contributed by atoms with Crippen molar-refractivity contribution in [3.8, 4) is 0 Å². The number of halogens is 1. The van der Waals surface area contributed by atoms with Crippen LogP contribution in [0.4, 0.5) is 5.69 Å². The molecule has 10 heteroatoms. The number of ether oxygens (including phenoxy) is 1. The zero-order chi connectivity index (χ0) is 28.4. The van der Waals surface area contributed by atoms with E-state index in [2.05, 4.69) is 5.32 Å². The van der Waals surface area contributed by atoms with Gasteiger partial charge in [-0.15, -0.1) is 0 Å². The molecule has 40 heavy (non-hydrogen) atoms. The molecule has 3 aromatic carbocycles. The Hall–Kier alpha value is -5.02. The first-order valence-corrected chi connectivity index (χ1v) is 12.7. The number of primary amides is 2. The number of carbonyl (C=O) groups excluding carboxylic acids is 4. The predicted octanol–water partition coefficient (Wildman–Crippen LogP) is 4.37. The fraction of sp³-hybridized carbons (Fsp3) is 0.100. The molecule has 9 nitrogen and oxygen atoms in total. The standard InChI is InChI=1S/C30H23ClN4O5/c31-23-7-3-1-5-16(23)11-17-9-10-22-26(21-6-2-4-8-24(21)35-27(17)22)30(39)40-15-25(36)34-20-13-18(28(32)37)12-19(14-20)29(33)38/h1-8,11-14H,9-10,15H2,(H2,32,37)(H2,33,38)(H,34,36)/b17-11+. The van der Waals surface area contributed by atoms with Crippen molar-refractivity contribution in [3.05, 3.63) is 105 Å². The van der Waals surface area contributed by atoms with Crippen molar-refractivity contribution < 1.29 is 23.9 Å². The summed E-state index contributed by atoms with van der Waals surface area (Å²) in [7, 11) is 0. The number of para-hydroxylation sites is 1. The van der Waals surface area contributed by atoms with Gasteiger partial charge in [0.2, 0.25) is 11.8 Å². The summed E-state index contributed by atoms with van der Waals surface area (Å²) >= 11 is 6.36. The molecule has 0 saturated carbocycles. The number of hydrogen-bond donors (Lipinski definition) is 3. The Morgan fingerprint density at radius 1 is 0.925 bits per heavy atom. The Balaban J connectivity index is 1.41. The van der Waals surface area contributed by atoms with Gasteiger partial charge in [-0.25, -0.2) is 9.78 Å². The molecule has 0 atom stereocenters. The third-order valence-electron chi connectivity index (χ3n) is 6.50. The first-order valence-electron chi connectivity index (χ1n) is 12.3. The first kappa shape index (κ1) is 26.6. The molecule has 5 rings (SSSR count). The monoisotopic (exact) mass is 554 g/mol. The lowest BCUT2D eigenvalue weighted by atomic mass is 10.0. The number of amides is 3. The molecule has 1 aromatic heterocycles. The summed E-state index contributed by atoms with van der Waals surface area (Å²) < 4.78 is 5.42. The largest absolute Gasteiger partial charge is 0.452 e. The zero-order valence-corrected chi connectivity index (χ0v) is 21.8. The van der Waals surface area contributed by atoms with Crippen LogP contribution >= 0.6 is 11.6 Å². The van der Waals surface area contributed by atoms with Crippen LogP contribution in [0.5, 0.6) is 0 Å². The van der Waals surface area contributed by atoms with Crippen molar-refractivity contribution in [1.29, 1.82) is 0 Å². The van der Waals surface area contributed by atoms with E-state index in [-0.39, 0.29) is 16.8 Å². The number of hydrogen-bond acceptors (Lipinski definition) is 6. The van der Waals surface area contributed by atoms with Crippen LogP contribution in [-0.2, 0) is 16.0 Å². The normalized spacial score (nSPS) is 13.2. The number of allylic oxidation sites excluding steroid dienone is 1. The molecular formula is C30H23ClN4O5. The number of nitrogens with two attached hydrogens (primary N) is 2. The van der Waals surface area contributed by atoms with Crippen molar-refractivity contribution in [2.45, 2.75) is 12.8 Å². The third-order valence-corrected chi connectivity index (χ3v) is 6.85. The van der Waals surface area contributed by atoms with E-state index in [1.165, 1.54) is 18.2 Å². The maximum absolute atomic E-state index is 13.4. The van der Waals surface area contributed by atoms with Crippen molar-refractivity contribution in [2.24, 2.45) is 11.5 Å². The quantitative estimate of drug-likeness (QED) is 0.288. The molecule has 1 heterocycles. The molecule has 5 N–H and O–H groups in total. The molecule has 0 spiro atoms. The van der Waals surface area contributed by atoms with Gasteiger partial charge in [0.25, 0.3) is 5.91 Å². The topological polar surface area (TPSA) is 154 Å². The van der Waals surface area contributed by atoms with Gasteiger partial charge in [0.05, 0.1) is 16.8 Å². The number of esters is 1. The Morgan fingerprint density at radius 3 is 2.30 bits per heavy atom. The van der Waals surface area contributed by atoms with Crippen LogP contribution in [0.25, 0.3) is 22.6 Å². The Labute approximate surface area is 233 Å². The predicted molar refractivity (Wildman–Crippen MR) is 152 cm³/mol. The lowest BCUT2D eigenvalue weighted by Gasteiger charge is -2.13. The van der Waals surface area contributed by atoms with E-state index in [1.54, 1.807) is 12.1 Å². The summed E-state index contributed by atoms with van der Waals surface area (Å²) in [5.74, 6) is -2.95. The molecule has 0 radical (unpaired) electrons. The second-order valence-corrected chi connectivity index (χ2v) is 9.58. The van der Waals surface area contributed by atoms with Crippen LogP contribution < -0.4 is 16.8 Å². The molecule has 200 valence electrons. The molecule has 1 aliphatic rings. The van der Waals surface area contributed by atoms with Gasteiger partial charge in [-0.3, -0.25) is 14.4 Å². The molecule has 0 unspecified atom stereocenters. The van der Waals surface area contributed by atoms with Crippen LogP contribution in [0.3, 0.4) is 0 Å². The average Bonchev–Trinajstić information content (AvgIpc) is 3.33. The van der Waals surface area contributed by atoms with E-state index in [0.717, 1.165) is 16.7 Å². The second kappa shape index (κ2) is 11.0. The highest BCUT2D eigenvalue weighted by molar-refractivity contribution is 6.32. The summed E-state index contributed by atoms with van der Waals surface area (Å²) in [5, 5.41) is 3.73. The van der Waals surface area contributed by atoms with Crippen LogP contribution in [-0.4, -0.2) is 35.3 Å². The van der Waals surface area contributed by atoms with Crippen LogP contribution in [0.2, 0.25) is 5.02 Å². The third kappa shape index (κ3) is 5.41. The average molecular weight is 555 g/mol. The SMILES string of the molecule is NC(=O)c1cc(NC(=O)COC(=O)c2c3c(nc4ccccc24)/C(=C/c2ccccc2Cl)CC3)cc(C(N)=O)c1. The minimum absolute atomic E-state index is 0.0111. The highest BCUT2D eigenvalue weighted by Crippen LogP contribution is 2.38. The lowest BCUT2D eigenvalue weighted by Crippen LogP contribution is -2.23. The van der Waals surface area contributed by atoms with E-state index in [9.17, 15) is 19.2 Å². The fourth-order valence-electron chi connectivity index (χ4n) is 4.68. The van der Waals surface area contributed by atoms with E-state index < -0.39 is 30.3 Å². The molecule has 1 aliphatic carbocycles. The van der Waals surface area contributed by atoms with Crippen LogP contribution in [0, 0.1) is 0 Å². The number of anilines is 1. The smallest absolute Gasteiger partial charge is 0.339 e. The van der Waals surface area contributed by atoms with E-state index in [4.69, 9.17) is 32.8 Å². The molecular weight excluding hydrogens is 532 g/mol. The zero-order valence-electron chi connectivity index (χ0n) is 21.1. The Kier molecular flexibility index (Phi) is 7.31. The number of pyridine rings is 1. The molecule has 4 aromatic rings. The van der Waals surface area contributed by atoms with Crippen LogP contribution in [0.15, 0.2) is 66.7 Å². The van der Waals surface area contributed by atoms with Gasteiger partial charge < -0.3 is 21.5 Å². The highest BCUT2D eigenvalue weighted by Gasteiger charge is 2.28. The second-order valence-electron chi connectivity index (χ2n) is 9.17. The van der Waals surface area contributed by atoms with Crippen molar-refractivity contribution in [3.63, 3.8) is 0 Å². The van der Waals surface area contributed by atoms with Gasteiger partial charge in [0, 0.05) is 27.2 Å². The van der Waals surface area contributed by atoms with Crippen LogP contribution in [0.1, 0.15) is 54.3 Å². The van der Waals surface area contributed by atoms with Gasteiger partial charge in [-0.2, -0.15) is 0 Å². The molecule has 3 amide bonds. The van der Waals surface area contributed by atoms with Gasteiger partial charge in [0.15, 0.2) is 6.61 Å². The number of benzene rings is 3. The van der Waals surface area contributed by atoms with E-state index in [1.807, 2.05) is 42.5 Å².